The van der Waals surface area contributed by atoms with Crippen molar-refractivity contribution in [2.75, 3.05) is 5.32 Å². The molecule has 2 aliphatic carbocycles. The maximum absolute atomic E-state index is 12.2. The van der Waals surface area contributed by atoms with Gasteiger partial charge in [-0.15, -0.1) is 0 Å². The van der Waals surface area contributed by atoms with Gasteiger partial charge in [-0.2, -0.15) is 5.10 Å². The molecule has 0 radical (unpaired) electrons. The molecule has 0 unspecified atom stereocenters. The summed E-state index contributed by atoms with van der Waals surface area (Å²) in [4.78, 5) is 12.2. The number of hydrogen-bond acceptors (Lipinski definition) is 4. The van der Waals surface area contributed by atoms with Gasteiger partial charge in [-0.1, -0.05) is 11.6 Å². The third-order valence-electron chi connectivity index (χ3n) is 3.48. The second kappa shape index (κ2) is 4.83. The molecule has 2 aliphatic rings. The third-order valence-corrected chi connectivity index (χ3v) is 3.80. The number of nitrogens with two attached hydrogens (primary N) is 2. The number of hydrazone groups is 1. The van der Waals surface area contributed by atoms with E-state index in [0.717, 1.165) is 11.3 Å². The van der Waals surface area contributed by atoms with Crippen LogP contribution in [0.1, 0.15) is 29.6 Å². The highest BCUT2D eigenvalue weighted by Crippen LogP contribution is 2.35. The molecule has 1 saturated carbocycles. The maximum atomic E-state index is 12.2. The van der Waals surface area contributed by atoms with E-state index in [2.05, 4.69) is 10.4 Å². The normalized spacial score (nSPS) is 18.1. The van der Waals surface area contributed by atoms with Gasteiger partial charge in [0.1, 0.15) is 5.84 Å². The van der Waals surface area contributed by atoms with E-state index in [0.29, 0.717) is 28.6 Å². The molecule has 5 nitrogen and oxygen atoms in total. The number of carbonyl (C=O) groups is 1. The van der Waals surface area contributed by atoms with Gasteiger partial charge in [0.15, 0.2) is 5.78 Å². The van der Waals surface area contributed by atoms with Gasteiger partial charge in [-0.25, -0.2) is 0 Å². The zero-order chi connectivity index (χ0) is 14.3. The quantitative estimate of drug-likeness (QED) is 0.254. The zero-order valence-electron chi connectivity index (χ0n) is 10.8. The lowest BCUT2D eigenvalue weighted by Gasteiger charge is -2.07. The predicted molar refractivity (Wildman–Crippen MR) is 79.9 cm³/mol. The van der Waals surface area contributed by atoms with Gasteiger partial charge in [0.2, 0.25) is 0 Å². The van der Waals surface area contributed by atoms with E-state index in [1.54, 1.807) is 12.1 Å². The number of amidine groups is 1. The van der Waals surface area contributed by atoms with E-state index < -0.39 is 0 Å². The highest BCUT2D eigenvalue weighted by atomic mass is 35.5. The van der Waals surface area contributed by atoms with Crippen LogP contribution in [0.2, 0.25) is 5.02 Å². The molecule has 104 valence electrons. The first-order valence-corrected chi connectivity index (χ1v) is 6.84. The SMILES string of the molecule is NN=C(N)C1=C(C(=O)c2ccc(NC3CC3)c(Cl)c2)C1. The number of rotatable bonds is 5. The number of nitrogens with one attached hydrogen (secondary N) is 1. The summed E-state index contributed by atoms with van der Waals surface area (Å²) >= 11 is 6.20. The Labute approximate surface area is 121 Å². The summed E-state index contributed by atoms with van der Waals surface area (Å²) in [5.74, 6) is 5.26. The van der Waals surface area contributed by atoms with E-state index in [4.69, 9.17) is 23.2 Å². The molecule has 0 spiro atoms. The predicted octanol–water partition coefficient (Wildman–Crippen LogP) is 2.03. The Hall–Kier alpha value is -2.01. The lowest BCUT2D eigenvalue weighted by atomic mass is 10.1. The lowest BCUT2D eigenvalue weighted by molar-refractivity contribution is 0.103. The van der Waals surface area contributed by atoms with Gasteiger partial charge in [0.25, 0.3) is 0 Å². The molecule has 6 heteroatoms. The molecule has 20 heavy (non-hydrogen) atoms. The topological polar surface area (TPSA) is 93.5 Å². The lowest BCUT2D eigenvalue weighted by Crippen LogP contribution is -2.12. The van der Waals surface area contributed by atoms with Crippen LogP contribution in [-0.4, -0.2) is 17.7 Å². The Kier molecular flexibility index (Phi) is 3.14. The van der Waals surface area contributed by atoms with Gasteiger partial charge in [0.05, 0.1) is 10.7 Å². The second-order valence-corrected chi connectivity index (χ2v) is 5.50. The number of Topliss-reactive ketones (excluding diaryl/α,β-unsaturated/α-hetero) is 1. The number of nitrogens with zero attached hydrogens (tertiary/aromatic N) is 1. The first-order chi connectivity index (χ1) is 9.60. The van der Waals surface area contributed by atoms with E-state index in [1.807, 2.05) is 6.07 Å². The van der Waals surface area contributed by atoms with Gasteiger partial charge >= 0.3 is 0 Å². The maximum Gasteiger partial charge on any atom is 0.189 e. The molecule has 1 fully saturated rings. The third kappa shape index (κ3) is 2.49. The summed E-state index contributed by atoms with van der Waals surface area (Å²) in [6, 6.07) is 5.83. The second-order valence-electron chi connectivity index (χ2n) is 5.09. The number of allylic oxidation sites excluding steroid dienone is 1. The fourth-order valence-electron chi connectivity index (χ4n) is 2.07. The number of halogens is 1. The van der Waals surface area contributed by atoms with E-state index in [9.17, 15) is 4.79 Å². The summed E-state index contributed by atoms with van der Waals surface area (Å²) in [5, 5.41) is 7.28. The number of carbonyl (C=O) groups excluding carboxylic acids is 1. The summed E-state index contributed by atoms with van der Waals surface area (Å²) in [6.45, 7) is 0. The molecule has 0 bridgehead atoms. The molecule has 3 rings (SSSR count). The van der Waals surface area contributed by atoms with Gasteiger partial charge < -0.3 is 16.9 Å². The Balaban J connectivity index is 1.79. The average Bonchev–Trinajstić information content (AvgIpc) is 3.33. The summed E-state index contributed by atoms with van der Waals surface area (Å²) in [6.07, 6.45) is 2.89. The van der Waals surface area contributed by atoms with Crippen LogP contribution < -0.4 is 16.9 Å². The van der Waals surface area contributed by atoms with Crippen molar-refractivity contribution in [1.29, 1.82) is 0 Å². The minimum atomic E-state index is -0.0635. The fraction of sp³-hybridized carbons (Fsp3) is 0.286. The highest BCUT2D eigenvalue weighted by molar-refractivity contribution is 6.34. The Bertz CT molecular complexity index is 647. The van der Waals surface area contributed by atoms with Crippen molar-refractivity contribution < 1.29 is 4.79 Å². The molecule has 5 N–H and O–H groups in total. The molecule has 1 aromatic rings. The fourth-order valence-corrected chi connectivity index (χ4v) is 2.30. The average molecular weight is 291 g/mol. The van der Waals surface area contributed by atoms with Gasteiger partial charge in [-0.05, 0) is 31.0 Å². The Morgan fingerprint density at radius 2 is 2.10 bits per heavy atom. The van der Waals surface area contributed by atoms with Crippen LogP contribution in [0.25, 0.3) is 0 Å². The molecule has 0 atom stereocenters. The van der Waals surface area contributed by atoms with E-state index >= 15 is 0 Å². The van der Waals surface area contributed by atoms with Crippen molar-refractivity contribution in [1.82, 2.24) is 0 Å². The van der Waals surface area contributed by atoms with Crippen molar-refractivity contribution in [3.63, 3.8) is 0 Å². The summed E-state index contributed by atoms with van der Waals surface area (Å²) in [5.41, 5.74) is 8.41. The van der Waals surface area contributed by atoms with E-state index in [1.165, 1.54) is 12.8 Å². The van der Waals surface area contributed by atoms with Crippen molar-refractivity contribution in [2.45, 2.75) is 25.3 Å². The standard InChI is InChI=1S/C14H15ClN4O/c15-11-5-7(1-4-12(11)18-8-2-3-8)13(20)9-6-10(9)14(16)19-17/h1,4-5,8,18H,2-3,6,17H2,(H2,16,19). The molecule has 0 amide bonds. The molecule has 1 aromatic carbocycles. The van der Waals surface area contributed by atoms with Crippen molar-refractivity contribution >= 4 is 28.9 Å². The highest BCUT2D eigenvalue weighted by Gasteiger charge is 2.31. The van der Waals surface area contributed by atoms with Crippen molar-refractivity contribution in [2.24, 2.45) is 16.7 Å². The minimum Gasteiger partial charge on any atom is -0.382 e. The Morgan fingerprint density at radius 3 is 2.70 bits per heavy atom. The molecule has 0 saturated heterocycles. The number of anilines is 1. The van der Waals surface area contributed by atoms with Gasteiger partial charge in [-0.3, -0.25) is 4.79 Å². The number of ketones is 1. The van der Waals surface area contributed by atoms with Crippen molar-refractivity contribution in [3.8, 4) is 0 Å². The zero-order valence-corrected chi connectivity index (χ0v) is 11.6. The Morgan fingerprint density at radius 1 is 1.35 bits per heavy atom. The monoisotopic (exact) mass is 290 g/mol. The largest absolute Gasteiger partial charge is 0.382 e. The van der Waals surface area contributed by atoms with Crippen LogP contribution in [0, 0.1) is 0 Å². The summed E-state index contributed by atoms with van der Waals surface area (Å²) < 4.78 is 0. The summed E-state index contributed by atoms with van der Waals surface area (Å²) in [7, 11) is 0. The van der Waals surface area contributed by atoms with Crippen LogP contribution in [0.5, 0.6) is 0 Å². The van der Waals surface area contributed by atoms with Crippen LogP contribution in [0.15, 0.2) is 34.4 Å². The number of hydrogen-bond donors (Lipinski definition) is 3. The smallest absolute Gasteiger partial charge is 0.189 e. The first-order valence-electron chi connectivity index (χ1n) is 6.46. The van der Waals surface area contributed by atoms with Gasteiger partial charge in [0, 0.05) is 29.2 Å². The molecular formula is C14H15ClN4O. The molecule has 0 aromatic heterocycles. The van der Waals surface area contributed by atoms with Crippen LogP contribution in [0.4, 0.5) is 5.69 Å². The first kappa shape index (κ1) is 13.0. The van der Waals surface area contributed by atoms with Crippen molar-refractivity contribution in [3.05, 3.63) is 39.9 Å². The minimum absolute atomic E-state index is 0.0635. The van der Waals surface area contributed by atoms with E-state index in [-0.39, 0.29) is 11.6 Å². The molecule has 0 aliphatic heterocycles. The van der Waals surface area contributed by atoms with Crippen LogP contribution in [-0.2, 0) is 0 Å². The van der Waals surface area contributed by atoms with Crippen LogP contribution >= 0.6 is 11.6 Å². The van der Waals surface area contributed by atoms with Crippen LogP contribution in [0.3, 0.4) is 0 Å². The molecule has 0 heterocycles. The number of benzene rings is 1. The molecular weight excluding hydrogens is 276 g/mol.